The quantitative estimate of drug-likeness (QED) is 0.403. The Morgan fingerprint density at radius 3 is 2.30 bits per heavy atom. The van der Waals surface area contributed by atoms with E-state index in [1.165, 1.54) is 0 Å². The van der Waals surface area contributed by atoms with E-state index < -0.39 is 41.4 Å². The van der Waals surface area contributed by atoms with Gasteiger partial charge >= 0.3 is 18.1 Å². The van der Waals surface area contributed by atoms with Crippen LogP contribution in [0.3, 0.4) is 0 Å². The zero-order valence-corrected chi connectivity index (χ0v) is 17.6. The van der Waals surface area contributed by atoms with E-state index >= 15 is 0 Å². The van der Waals surface area contributed by atoms with Crippen molar-refractivity contribution in [1.82, 2.24) is 10.6 Å². The molecule has 0 aliphatic rings. The number of carbonyl (C=O) groups is 4. The highest BCUT2D eigenvalue weighted by atomic mass is 16.6. The van der Waals surface area contributed by atoms with E-state index in [9.17, 15) is 24.3 Å². The van der Waals surface area contributed by atoms with E-state index in [0.29, 0.717) is 6.42 Å². The third-order valence-electron chi connectivity index (χ3n) is 4.19. The first-order valence-corrected chi connectivity index (χ1v) is 9.80. The fraction of sp³-hybridized carbons (Fsp3) is 0.524. The number of amides is 3. The Bertz CT molecular complexity index is 730. The number of primary amides is 1. The maximum Gasteiger partial charge on any atom is 0.408 e. The summed E-state index contributed by atoms with van der Waals surface area (Å²) in [7, 11) is 0. The summed E-state index contributed by atoms with van der Waals surface area (Å²) in [6.45, 7) is 5.35. The molecule has 0 saturated heterocycles. The molecule has 9 heteroatoms. The number of hydrogen-bond acceptors (Lipinski definition) is 5. The number of nitrogens with two attached hydrogens (primary N) is 1. The number of ether oxygens (including phenoxy) is 1. The van der Waals surface area contributed by atoms with Crippen LogP contribution in [0.15, 0.2) is 30.3 Å². The Morgan fingerprint density at radius 2 is 1.77 bits per heavy atom. The first-order chi connectivity index (χ1) is 14.0. The van der Waals surface area contributed by atoms with Crippen LogP contribution in [0.5, 0.6) is 0 Å². The molecular formula is C21H31N3O6. The van der Waals surface area contributed by atoms with Gasteiger partial charge in [-0.15, -0.1) is 0 Å². The standard InChI is InChI=1S/C21H31N3O6/c1-21(2,3)30-20(29)24-16(12-14-8-5-4-6-9-14)17(25)13-15(18(26)27)10-7-11-23-19(22)28/h4-6,8-9,15-16H,7,10-13H2,1-3H3,(H,24,29)(H,26,27)(H3,22,23,28)/t15-,16+/m1/s1. The topological polar surface area (TPSA) is 148 Å². The van der Waals surface area contributed by atoms with Crippen molar-refractivity contribution < 1.29 is 29.0 Å². The SMILES string of the molecule is CC(C)(C)OC(=O)N[C@@H](Cc1ccccc1)C(=O)C[C@@H](CCCNC(N)=O)C(=O)O. The lowest BCUT2D eigenvalue weighted by molar-refractivity contribution is -0.144. The fourth-order valence-electron chi connectivity index (χ4n) is 2.80. The highest BCUT2D eigenvalue weighted by Gasteiger charge is 2.29. The maximum atomic E-state index is 12.9. The molecule has 0 radical (unpaired) electrons. The number of urea groups is 1. The largest absolute Gasteiger partial charge is 0.481 e. The second kappa shape index (κ2) is 11.8. The molecule has 0 spiro atoms. The van der Waals surface area contributed by atoms with Crippen molar-refractivity contribution in [3.8, 4) is 0 Å². The van der Waals surface area contributed by atoms with Crippen molar-refractivity contribution in [3.05, 3.63) is 35.9 Å². The molecule has 0 aliphatic carbocycles. The zero-order chi connectivity index (χ0) is 22.7. The lowest BCUT2D eigenvalue weighted by Gasteiger charge is -2.24. The monoisotopic (exact) mass is 421 g/mol. The van der Waals surface area contributed by atoms with Gasteiger partial charge in [-0.1, -0.05) is 30.3 Å². The third kappa shape index (κ3) is 10.4. The van der Waals surface area contributed by atoms with Crippen molar-refractivity contribution in [2.45, 2.75) is 58.1 Å². The number of carboxylic acids is 1. The van der Waals surface area contributed by atoms with Gasteiger partial charge in [0, 0.05) is 13.0 Å². The van der Waals surface area contributed by atoms with Gasteiger partial charge in [0.05, 0.1) is 12.0 Å². The lowest BCUT2D eigenvalue weighted by atomic mass is 9.92. The number of alkyl carbamates (subject to hydrolysis) is 1. The Hall–Kier alpha value is -3.10. The molecule has 1 aromatic carbocycles. The van der Waals surface area contributed by atoms with Gasteiger partial charge < -0.3 is 26.2 Å². The number of hydrogen-bond donors (Lipinski definition) is 4. The first-order valence-electron chi connectivity index (χ1n) is 9.80. The van der Waals surface area contributed by atoms with Crippen molar-refractivity contribution in [2.24, 2.45) is 11.7 Å². The Balaban J connectivity index is 2.83. The lowest BCUT2D eigenvalue weighted by Crippen LogP contribution is -2.45. The van der Waals surface area contributed by atoms with E-state index in [0.717, 1.165) is 5.56 Å². The minimum atomic E-state index is -1.11. The predicted octanol–water partition coefficient (Wildman–Crippen LogP) is 2.23. The highest BCUT2D eigenvalue weighted by Crippen LogP contribution is 2.16. The van der Waals surface area contributed by atoms with Gasteiger partial charge in [-0.2, -0.15) is 0 Å². The van der Waals surface area contributed by atoms with Crippen molar-refractivity contribution >= 4 is 23.9 Å². The van der Waals surface area contributed by atoms with Crippen LogP contribution in [0, 0.1) is 5.92 Å². The minimum Gasteiger partial charge on any atom is -0.481 e. The van der Waals surface area contributed by atoms with Gasteiger partial charge in [-0.25, -0.2) is 9.59 Å². The second-order valence-corrected chi connectivity index (χ2v) is 8.03. The fourth-order valence-corrected chi connectivity index (χ4v) is 2.80. The maximum absolute atomic E-state index is 12.9. The Labute approximate surface area is 176 Å². The van der Waals surface area contributed by atoms with Gasteiger partial charge in [0.25, 0.3) is 0 Å². The van der Waals surface area contributed by atoms with Crippen LogP contribution in [-0.2, 0) is 20.7 Å². The molecule has 9 nitrogen and oxygen atoms in total. The van der Waals surface area contributed by atoms with Gasteiger partial charge in [0.2, 0.25) is 0 Å². The van der Waals surface area contributed by atoms with Gasteiger partial charge in [0.1, 0.15) is 5.60 Å². The molecule has 0 aromatic heterocycles. The number of aliphatic carboxylic acids is 1. The molecule has 1 rings (SSSR count). The molecule has 2 atom stereocenters. The number of Topliss-reactive ketones (excluding diaryl/α,β-unsaturated/α-hetero) is 1. The van der Waals surface area contributed by atoms with E-state index in [1.54, 1.807) is 20.8 Å². The summed E-state index contributed by atoms with van der Waals surface area (Å²) in [6.07, 6.45) is -0.232. The first kappa shape index (κ1) is 24.9. The number of carboxylic acid groups (broad SMARTS) is 1. The second-order valence-electron chi connectivity index (χ2n) is 8.03. The van der Waals surface area contributed by atoms with Crippen molar-refractivity contribution in [3.63, 3.8) is 0 Å². The van der Waals surface area contributed by atoms with Crippen LogP contribution in [0.25, 0.3) is 0 Å². The van der Waals surface area contributed by atoms with Crippen LogP contribution in [0.2, 0.25) is 0 Å². The molecule has 1 aromatic rings. The van der Waals surface area contributed by atoms with Gasteiger partial charge in [0.15, 0.2) is 5.78 Å². The molecule has 30 heavy (non-hydrogen) atoms. The summed E-state index contributed by atoms with van der Waals surface area (Å²) in [5.41, 5.74) is 5.07. The average Bonchev–Trinajstić information content (AvgIpc) is 2.62. The van der Waals surface area contributed by atoms with Crippen LogP contribution < -0.4 is 16.4 Å². The van der Waals surface area contributed by atoms with E-state index in [2.05, 4.69) is 10.6 Å². The minimum absolute atomic E-state index is 0.186. The molecule has 0 saturated carbocycles. The molecule has 166 valence electrons. The molecule has 0 bridgehead atoms. The van der Waals surface area contributed by atoms with Crippen LogP contribution >= 0.6 is 0 Å². The Morgan fingerprint density at radius 1 is 1.13 bits per heavy atom. The molecule has 0 fully saturated rings. The van der Waals surface area contributed by atoms with Crippen LogP contribution in [-0.4, -0.2) is 47.2 Å². The smallest absolute Gasteiger partial charge is 0.408 e. The zero-order valence-electron chi connectivity index (χ0n) is 17.6. The number of carbonyl (C=O) groups excluding carboxylic acids is 3. The predicted molar refractivity (Wildman–Crippen MR) is 111 cm³/mol. The highest BCUT2D eigenvalue weighted by molar-refractivity contribution is 5.90. The van der Waals surface area contributed by atoms with Crippen LogP contribution in [0.4, 0.5) is 9.59 Å². The molecule has 3 amide bonds. The molecule has 0 heterocycles. The summed E-state index contributed by atoms with van der Waals surface area (Å²) >= 11 is 0. The summed E-state index contributed by atoms with van der Waals surface area (Å²) < 4.78 is 5.24. The number of rotatable bonds is 11. The number of ketones is 1. The average molecular weight is 421 g/mol. The summed E-state index contributed by atoms with van der Waals surface area (Å²) in [6, 6.07) is 7.49. The van der Waals surface area contributed by atoms with E-state index in [4.69, 9.17) is 10.5 Å². The van der Waals surface area contributed by atoms with Crippen molar-refractivity contribution in [1.29, 1.82) is 0 Å². The Kier molecular flexibility index (Phi) is 9.80. The van der Waals surface area contributed by atoms with E-state index in [-0.39, 0.29) is 25.8 Å². The molecule has 0 unspecified atom stereocenters. The van der Waals surface area contributed by atoms with Crippen LogP contribution in [0.1, 0.15) is 45.6 Å². The van der Waals surface area contributed by atoms with Crippen molar-refractivity contribution in [2.75, 3.05) is 6.54 Å². The number of benzene rings is 1. The van der Waals surface area contributed by atoms with Gasteiger partial charge in [-0.3, -0.25) is 9.59 Å². The normalized spacial score (nSPS) is 13.0. The number of nitrogens with one attached hydrogen (secondary N) is 2. The summed E-state index contributed by atoms with van der Waals surface area (Å²) in [5, 5.41) is 14.4. The summed E-state index contributed by atoms with van der Waals surface area (Å²) in [5.74, 6) is -2.45. The molecule has 0 aliphatic heterocycles. The third-order valence-corrected chi connectivity index (χ3v) is 4.19. The summed E-state index contributed by atoms with van der Waals surface area (Å²) in [4.78, 5) is 47.4. The van der Waals surface area contributed by atoms with E-state index in [1.807, 2.05) is 30.3 Å². The van der Waals surface area contributed by atoms with Gasteiger partial charge in [-0.05, 0) is 45.6 Å². The molecule has 5 N–H and O–H groups in total. The molecular weight excluding hydrogens is 390 g/mol.